The van der Waals surface area contributed by atoms with Gasteiger partial charge in [0.15, 0.2) is 13.6 Å². The van der Waals surface area contributed by atoms with E-state index in [1.807, 2.05) is 0 Å². The molecule has 0 saturated carbocycles. The quantitative estimate of drug-likeness (QED) is 0.472. The smallest absolute Gasteiger partial charge is 0.385 e. The number of hydrogen-bond donors (Lipinski definition) is 3. The van der Waals surface area contributed by atoms with Crippen LogP contribution in [0.3, 0.4) is 0 Å². The minimum absolute atomic E-state index is 0.475. The zero-order valence-electron chi connectivity index (χ0n) is 8.96. The Bertz CT molecular complexity index is 142. The zero-order valence-corrected chi connectivity index (χ0v) is 10.7. The molecule has 15 heavy (non-hydrogen) atoms. The van der Waals surface area contributed by atoms with Gasteiger partial charge in [-0.15, -0.1) is 0 Å². The fraction of sp³-hybridized carbons (Fsp3) is 1.00. The average molecular weight is 262 g/mol. The van der Waals surface area contributed by atoms with E-state index < -0.39 is 26.3 Å². The first-order chi connectivity index (χ1) is 7.10. The van der Waals surface area contributed by atoms with E-state index in [1.54, 1.807) is 0 Å². The van der Waals surface area contributed by atoms with Crippen molar-refractivity contribution < 1.29 is 28.9 Å². The standard InChI is InChI=1S/C4H10.C3H9O6PS/c1-3-4-2;4-1-8-10(7,9-2-5)11-3-6/h3-4H2,1-2H3;4-6H,1-3H2. The van der Waals surface area contributed by atoms with Gasteiger partial charge in [0.1, 0.15) is 0 Å². The van der Waals surface area contributed by atoms with Crippen molar-refractivity contribution in [1.82, 2.24) is 0 Å². The van der Waals surface area contributed by atoms with Crippen LogP contribution in [0.4, 0.5) is 0 Å². The maximum absolute atomic E-state index is 11.1. The molecule has 0 aromatic heterocycles. The third kappa shape index (κ3) is 12.3. The van der Waals surface area contributed by atoms with Gasteiger partial charge >= 0.3 is 6.80 Å². The van der Waals surface area contributed by atoms with Crippen LogP contribution < -0.4 is 0 Å². The molecule has 0 unspecified atom stereocenters. The molecule has 0 atom stereocenters. The van der Waals surface area contributed by atoms with Crippen LogP contribution in [0.1, 0.15) is 26.7 Å². The topological polar surface area (TPSA) is 96.2 Å². The van der Waals surface area contributed by atoms with Gasteiger partial charge < -0.3 is 15.3 Å². The van der Waals surface area contributed by atoms with Crippen LogP contribution in [0.15, 0.2) is 0 Å². The van der Waals surface area contributed by atoms with Gasteiger partial charge in [-0.05, 0) is 11.4 Å². The molecule has 0 radical (unpaired) electrons. The van der Waals surface area contributed by atoms with E-state index >= 15 is 0 Å². The van der Waals surface area contributed by atoms with E-state index in [-0.39, 0.29) is 0 Å². The van der Waals surface area contributed by atoms with E-state index in [9.17, 15) is 4.57 Å². The predicted molar refractivity (Wildman–Crippen MR) is 59.2 cm³/mol. The van der Waals surface area contributed by atoms with Gasteiger partial charge in [-0.1, -0.05) is 26.7 Å². The van der Waals surface area contributed by atoms with Crippen LogP contribution in [0.5, 0.6) is 0 Å². The summed E-state index contributed by atoms with van der Waals surface area (Å²) in [5.74, 6) is -0.475. The Labute approximate surface area is 93.9 Å². The van der Waals surface area contributed by atoms with E-state index in [0.717, 1.165) is 0 Å². The van der Waals surface area contributed by atoms with E-state index in [4.69, 9.17) is 15.3 Å². The highest BCUT2D eigenvalue weighted by Gasteiger charge is 2.24. The highest BCUT2D eigenvalue weighted by Crippen LogP contribution is 2.59. The van der Waals surface area contributed by atoms with Crippen LogP contribution in [0.2, 0.25) is 0 Å². The second kappa shape index (κ2) is 12.4. The molecule has 0 aliphatic rings. The molecule has 0 heterocycles. The summed E-state index contributed by atoms with van der Waals surface area (Å²) in [5.41, 5.74) is 0. The molecule has 0 aromatic rings. The number of rotatable bonds is 7. The second-order valence-corrected chi connectivity index (χ2v) is 6.27. The SMILES string of the molecule is CCCC.O=P(OCO)(OCO)SCO. The lowest BCUT2D eigenvalue weighted by Gasteiger charge is -2.12. The van der Waals surface area contributed by atoms with Crippen molar-refractivity contribution in [2.75, 3.05) is 19.5 Å². The minimum atomic E-state index is -3.55. The third-order valence-electron chi connectivity index (χ3n) is 1.15. The Hall–Kier alpha value is 0.380. The van der Waals surface area contributed by atoms with Gasteiger partial charge in [-0.3, -0.25) is 9.05 Å². The van der Waals surface area contributed by atoms with Gasteiger partial charge in [0.05, 0.1) is 5.94 Å². The lowest BCUT2D eigenvalue weighted by molar-refractivity contribution is 0.0473. The van der Waals surface area contributed by atoms with Crippen molar-refractivity contribution in [3.63, 3.8) is 0 Å². The Balaban J connectivity index is 0. The largest absolute Gasteiger partial charge is 0.395 e. The van der Waals surface area contributed by atoms with Crippen molar-refractivity contribution in [3.8, 4) is 0 Å². The van der Waals surface area contributed by atoms with Gasteiger partial charge in [-0.25, -0.2) is 4.57 Å². The molecule has 0 aromatic carbocycles. The highest BCUT2D eigenvalue weighted by atomic mass is 32.7. The van der Waals surface area contributed by atoms with Crippen molar-refractivity contribution >= 4 is 18.2 Å². The van der Waals surface area contributed by atoms with Crippen molar-refractivity contribution in [3.05, 3.63) is 0 Å². The highest BCUT2D eigenvalue weighted by molar-refractivity contribution is 8.55. The maximum Gasteiger partial charge on any atom is 0.395 e. The Morgan fingerprint density at radius 1 is 1.07 bits per heavy atom. The van der Waals surface area contributed by atoms with Crippen LogP contribution in [0, 0.1) is 0 Å². The van der Waals surface area contributed by atoms with Crippen molar-refractivity contribution in [1.29, 1.82) is 0 Å². The van der Waals surface area contributed by atoms with Crippen molar-refractivity contribution in [2.24, 2.45) is 0 Å². The lowest BCUT2D eigenvalue weighted by atomic mass is 10.4. The van der Waals surface area contributed by atoms with Gasteiger partial charge in [-0.2, -0.15) is 0 Å². The first kappa shape index (κ1) is 17.8. The van der Waals surface area contributed by atoms with Crippen molar-refractivity contribution in [2.45, 2.75) is 26.7 Å². The average Bonchev–Trinajstić information content (AvgIpc) is 2.19. The number of aliphatic hydroxyl groups excluding tert-OH is 3. The van der Waals surface area contributed by atoms with Gasteiger partial charge in [0, 0.05) is 0 Å². The van der Waals surface area contributed by atoms with Gasteiger partial charge in [0.25, 0.3) is 0 Å². The minimum Gasteiger partial charge on any atom is -0.385 e. The number of unbranched alkanes of at least 4 members (excludes halogenated alkanes) is 1. The molecule has 94 valence electrons. The van der Waals surface area contributed by atoms with Crippen LogP contribution in [0.25, 0.3) is 0 Å². The van der Waals surface area contributed by atoms with E-state index in [1.165, 1.54) is 12.8 Å². The summed E-state index contributed by atoms with van der Waals surface area (Å²) < 4.78 is 19.5. The summed E-state index contributed by atoms with van der Waals surface area (Å²) in [6.07, 6.45) is 2.64. The lowest BCUT2D eigenvalue weighted by Crippen LogP contribution is -1.95. The third-order valence-corrected chi connectivity index (χ3v) is 4.37. The number of aliphatic hydroxyl groups is 3. The summed E-state index contributed by atoms with van der Waals surface area (Å²) in [5, 5.41) is 24.7. The molecule has 0 aliphatic heterocycles. The first-order valence-corrected chi connectivity index (χ1v) is 7.59. The molecule has 0 aliphatic carbocycles. The molecular formula is C7H19O6PS. The fourth-order valence-electron chi connectivity index (χ4n) is 0.324. The second-order valence-electron chi connectivity index (χ2n) is 2.22. The van der Waals surface area contributed by atoms with E-state index in [0.29, 0.717) is 11.4 Å². The molecule has 0 amide bonds. The molecule has 8 heteroatoms. The normalized spacial score (nSPS) is 10.7. The zero-order chi connectivity index (χ0) is 12.2. The van der Waals surface area contributed by atoms with Crippen LogP contribution in [-0.2, 0) is 13.6 Å². The molecule has 0 saturated heterocycles. The van der Waals surface area contributed by atoms with E-state index in [2.05, 4.69) is 22.9 Å². The van der Waals surface area contributed by atoms with Crippen LogP contribution >= 0.6 is 18.2 Å². The monoisotopic (exact) mass is 262 g/mol. The summed E-state index contributed by atoms with van der Waals surface area (Å²) in [6, 6.07) is 0. The molecule has 0 spiro atoms. The molecule has 0 rings (SSSR count). The summed E-state index contributed by atoms with van der Waals surface area (Å²) >= 11 is 0.475. The number of hydrogen-bond acceptors (Lipinski definition) is 7. The summed E-state index contributed by atoms with van der Waals surface area (Å²) in [4.78, 5) is 0. The summed E-state index contributed by atoms with van der Waals surface area (Å²) in [6.45, 7) is -0.766. The predicted octanol–water partition coefficient (Wildman–Crippen LogP) is 1.52. The molecular weight excluding hydrogens is 243 g/mol. The fourth-order valence-corrected chi connectivity index (χ4v) is 2.13. The Morgan fingerprint density at radius 3 is 1.67 bits per heavy atom. The molecule has 0 fully saturated rings. The first-order valence-electron chi connectivity index (χ1n) is 4.46. The molecule has 3 N–H and O–H groups in total. The Kier molecular flexibility index (Phi) is 14.7. The van der Waals surface area contributed by atoms with Gasteiger partial charge in [0.2, 0.25) is 0 Å². The van der Waals surface area contributed by atoms with Crippen LogP contribution in [-0.4, -0.2) is 34.8 Å². The molecule has 0 bridgehead atoms. The summed E-state index contributed by atoms with van der Waals surface area (Å²) in [7, 11) is 0. The maximum atomic E-state index is 11.1. The Morgan fingerprint density at radius 2 is 1.47 bits per heavy atom. The molecule has 6 nitrogen and oxygen atoms in total.